The molecule has 3 unspecified atom stereocenters. The molecular formula is C13H20. The molecule has 0 N–H and O–H groups in total. The maximum Gasteiger partial charge on any atom is -0.0175 e. The summed E-state index contributed by atoms with van der Waals surface area (Å²) in [6.45, 7) is 4.27. The molecule has 0 aliphatic heterocycles. The smallest absolute Gasteiger partial charge is 0.0175 e. The van der Waals surface area contributed by atoms with Crippen LogP contribution in [-0.2, 0) is 0 Å². The van der Waals surface area contributed by atoms with E-state index in [2.05, 4.69) is 6.58 Å². The summed E-state index contributed by atoms with van der Waals surface area (Å²) in [7, 11) is 0. The number of hydrogen-bond donors (Lipinski definition) is 0. The fourth-order valence-corrected chi connectivity index (χ4v) is 3.39. The van der Waals surface area contributed by atoms with Crippen LogP contribution in [0.1, 0.15) is 44.9 Å². The molecule has 0 heterocycles. The second kappa shape index (κ2) is 2.87. The fourth-order valence-electron chi connectivity index (χ4n) is 3.39. The van der Waals surface area contributed by atoms with Crippen molar-refractivity contribution in [1.82, 2.24) is 0 Å². The SMILES string of the molecule is C=C1CCCCC1C1CC1C1CC1. The first kappa shape index (κ1) is 8.08. The summed E-state index contributed by atoms with van der Waals surface area (Å²) in [5.41, 5.74) is 1.60. The van der Waals surface area contributed by atoms with Crippen LogP contribution in [0, 0.1) is 23.7 Å². The molecular weight excluding hydrogens is 156 g/mol. The largest absolute Gasteiger partial charge is 0.0996 e. The molecule has 3 aliphatic rings. The zero-order chi connectivity index (χ0) is 8.84. The summed E-state index contributed by atoms with van der Waals surface area (Å²) in [5.74, 6) is 4.32. The molecule has 0 aromatic heterocycles. The third-order valence-corrected chi connectivity index (χ3v) is 4.42. The van der Waals surface area contributed by atoms with E-state index in [0.29, 0.717) is 0 Å². The first-order valence-corrected chi connectivity index (χ1v) is 6.04. The highest BCUT2D eigenvalue weighted by Gasteiger charge is 2.50. The van der Waals surface area contributed by atoms with Crippen molar-refractivity contribution < 1.29 is 0 Å². The van der Waals surface area contributed by atoms with Crippen LogP contribution in [0.25, 0.3) is 0 Å². The Kier molecular flexibility index (Phi) is 1.78. The molecule has 0 aromatic carbocycles. The molecule has 0 spiro atoms. The maximum atomic E-state index is 4.27. The quantitative estimate of drug-likeness (QED) is 0.562. The zero-order valence-electron chi connectivity index (χ0n) is 8.47. The van der Waals surface area contributed by atoms with E-state index >= 15 is 0 Å². The molecule has 72 valence electrons. The van der Waals surface area contributed by atoms with Gasteiger partial charge in [0.1, 0.15) is 0 Å². The van der Waals surface area contributed by atoms with E-state index in [1.54, 1.807) is 24.8 Å². The van der Waals surface area contributed by atoms with Crippen LogP contribution in [0.2, 0.25) is 0 Å². The summed E-state index contributed by atoms with van der Waals surface area (Å²) in [5, 5.41) is 0. The summed E-state index contributed by atoms with van der Waals surface area (Å²) >= 11 is 0. The van der Waals surface area contributed by atoms with E-state index in [0.717, 1.165) is 23.7 Å². The number of rotatable bonds is 2. The highest BCUT2D eigenvalue weighted by Crippen LogP contribution is 2.59. The van der Waals surface area contributed by atoms with Crippen molar-refractivity contribution in [2.75, 3.05) is 0 Å². The van der Waals surface area contributed by atoms with Crippen LogP contribution >= 0.6 is 0 Å². The Morgan fingerprint density at radius 2 is 1.85 bits per heavy atom. The van der Waals surface area contributed by atoms with Crippen LogP contribution in [0.4, 0.5) is 0 Å². The Morgan fingerprint density at radius 1 is 1.00 bits per heavy atom. The van der Waals surface area contributed by atoms with Gasteiger partial charge in [0, 0.05) is 0 Å². The van der Waals surface area contributed by atoms with Gasteiger partial charge in [0.15, 0.2) is 0 Å². The molecule has 3 atom stereocenters. The molecule has 0 bridgehead atoms. The fraction of sp³-hybridized carbons (Fsp3) is 0.846. The normalized spacial score (nSPS) is 44.9. The summed E-state index contributed by atoms with van der Waals surface area (Å²) in [6, 6.07) is 0. The molecule has 0 radical (unpaired) electrons. The van der Waals surface area contributed by atoms with Crippen molar-refractivity contribution in [1.29, 1.82) is 0 Å². The van der Waals surface area contributed by atoms with Gasteiger partial charge in [0.25, 0.3) is 0 Å². The van der Waals surface area contributed by atoms with E-state index in [4.69, 9.17) is 0 Å². The molecule has 3 fully saturated rings. The van der Waals surface area contributed by atoms with Crippen LogP contribution in [-0.4, -0.2) is 0 Å². The van der Waals surface area contributed by atoms with Gasteiger partial charge in [-0.1, -0.05) is 18.6 Å². The molecule has 3 rings (SSSR count). The van der Waals surface area contributed by atoms with Crippen molar-refractivity contribution >= 4 is 0 Å². The van der Waals surface area contributed by atoms with Gasteiger partial charge in [-0.2, -0.15) is 0 Å². The lowest BCUT2D eigenvalue weighted by Gasteiger charge is -2.24. The van der Waals surface area contributed by atoms with E-state index in [-0.39, 0.29) is 0 Å². The van der Waals surface area contributed by atoms with Crippen LogP contribution in [0.15, 0.2) is 12.2 Å². The van der Waals surface area contributed by atoms with Gasteiger partial charge < -0.3 is 0 Å². The Bertz CT molecular complexity index is 224. The van der Waals surface area contributed by atoms with E-state index < -0.39 is 0 Å². The highest BCUT2D eigenvalue weighted by atomic mass is 14.6. The van der Waals surface area contributed by atoms with Crippen LogP contribution < -0.4 is 0 Å². The molecule has 0 nitrogen and oxygen atoms in total. The lowest BCUT2D eigenvalue weighted by molar-refractivity contribution is 0.387. The van der Waals surface area contributed by atoms with Gasteiger partial charge in [-0.3, -0.25) is 0 Å². The van der Waals surface area contributed by atoms with Crippen molar-refractivity contribution in [2.24, 2.45) is 23.7 Å². The van der Waals surface area contributed by atoms with Gasteiger partial charge in [-0.25, -0.2) is 0 Å². The van der Waals surface area contributed by atoms with Gasteiger partial charge in [0.05, 0.1) is 0 Å². The van der Waals surface area contributed by atoms with Crippen molar-refractivity contribution in [3.05, 3.63) is 12.2 Å². The number of allylic oxidation sites excluding steroid dienone is 1. The maximum absolute atomic E-state index is 4.27. The van der Waals surface area contributed by atoms with E-state index in [9.17, 15) is 0 Å². The molecule has 0 heteroatoms. The summed E-state index contributed by atoms with van der Waals surface area (Å²) < 4.78 is 0. The van der Waals surface area contributed by atoms with E-state index in [1.165, 1.54) is 25.7 Å². The monoisotopic (exact) mass is 176 g/mol. The third kappa shape index (κ3) is 1.45. The van der Waals surface area contributed by atoms with Gasteiger partial charge in [-0.15, -0.1) is 0 Å². The summed E-state index contributed by atoms with van der Waals surface area (Å²) in [4.78, 5) is 0. The van der Waals surface area contributed by atoms with Gasteiger partial charge in [0.2, 0.25) is 0 Å². The second-order valence-electron chi connectivity index (χ2n) is 5.41. The first-order valence-electron chi connectivity index (χ1n) is 6.04. The predicted molar refractivity (Wildman–Crippen MR) is 55.4 cm³/mol. The lowest BCUT2D eigenvalue weighted by Crippen LogP contribution is -2.12. The zero-order valence-corrected chi connectivity index (χ0v) is 8.47. The first-order chi connectivity index (χ1) is 6.36. The molecule has 13 heavy (non-hydrogen) atoms. The average molecular weight is 176 g/mol. The Labute approximate surface area is 81.4 Å². The predicted octanol–water partition coefficient (Wildman–Crippen LogP) is 3.78. The Morgan fingerprint density at radius 3 is 2.54 bits per heavy atom. The Balaban J connectivity index is 1.61. The van der Waals surface area contributed by atoms with Crippen molar-refractivity contribution in [3.63, 3.8) is 0 Å². The molecule has 0 saturated heterocycles. The molecule has 0 aromatic rings. The van der Waals surface area contributed by atoms with E-state index in [1.807, 2.05) is 0 Å². The summed E-state index contributed by atoms with van der Waals surface area (Å²) in [6.07, 6.45) is 10.3. The minimum absolute atomic E-state index is 0.944. The molecule has 3 saturated carbocycles. The lowest BCUT2D eigenvalue weighted by atomic mass is 9.81. The average Bonchev–Trinajstić information content (AvgIpc) is 3.00. The molecule has 3 aliphatic carbocycles. The van der Waals surface area contributed by atoms with Gasteiger partial charge in [-0.05, 0) is 62.2 Å². The van der Waals surface area contributed by atoms with Crippen LogP contribution in [0.3, 0.4) is 0 Å². The van der Waals surface area contributed by atoms with Crippen molar-refractivity contribution in [2.45, 2.75) is 44.9 Å². The highest BCUT2D eigenvalue weighted by molar-refractivity contribution is 5.12. The molecule has 0 amide bonds. The number of hydrogen-bond acceptors (Lipinski definition) is 0. The van der Waals surface area contributed by atoms with Crippen molar-refractivity contribution in [3.8, 4) is 0 Å². The van der Waals surface area contributed by atoms with Gasteiger partial charge >= 0.3 is 0 Å². The Hall–Kier alpha value is -0.260. The van der Waals surface area contributed by atoms with Crippen LogP contribution in [0.5, 0.6) is 0 Å². The topological polar surface area (TPSA) is 0 Å². The minimum Gasteiger partial charge on any atom is -0.0996 e. The second-order valence-corrected chi connectivity index (χ2v) is 5.41. The third-order valence-electron chi connectivity index (χ3n) is 4.42. The standard InChI is InChI=1S/C13H20/c1-9-4-2-3-5-11(9)13-8-12(13)10-6-7-10/h10-13H,1-8H2. The minimum atomic E-state index is 0.944.